The maximum Gasteiger partial charge on any atom is 0.255 e. The molecule has 0 radical (unpaired) electrons. The van der Waals surface area contributed by atoms with E-state index in [0.29, 0.717) is 34.1 Å². The van der Waals surface area contributed by atoms with Crippen molar-refractivity contribution >= 4 is 34.2 Å². The summed E-state index contributed by atoms with van der Waals surface area (Å²) in [5, 5.41) is 4.99. The first-order valence-electron chi connectivity index (χ1n) is 10.5. The van der Waals surface area contributed by atoms with Crippen LogP contribution in [0.4, 0.5) is 36.4 Å². The van der Waals surface area contributed by atoms with Crippen LogP contribution in [0.1, 0.15) is 17.1 Å². The Labute approximate surface area is 202 Å². The molecule has 10 nitrogen and oxygen atoms in total. The molecule has 0 spiro atoms. The van der Waals surface area contributed by atoms with Gasteiger partial charge in [0.15, 0.2) is 11.6 Å². The van der Waals surface area contributed by atoms with Crippen LogP contribution in [-0.4, -0.2) is 29.7 Å². The number of aryl methyl sites for hydroxylation is 1. The third kappa shape index (κ3) is 5.09. The third-order valence-corrected chi connectivity index (χ3v) is 4.97. The normalized spacial score (nSPS) is 10.8. The smallest absolute Gasteiger partial charge is 0.255 e. The fourth-order valence-electron chi connectivity index (χ4n) is 3.49. The summed E-state index contributed by atoms with van der Waals surface area (Å²) in [6, 6.07) is 11.5. The van der Waals surface area contributed by atoms with Crippen molar-refractivity contribution in [3.63, 3.8) is 0 Å². The molecule has 5 aromatic rings. The van der Waals surface area contributed by atoms with E-state index in [1.165, 1.54) is 16.8 Å². The first-order chi connectivity index (χ1) is 17.1. The van der Waals surface area contributed by atoms with Gasteiger partial charge in [-0.3, -0.25) is 0 Å². The standard InChI is InChI=1S/C18H13F3N6.C5H8N4/c19-11-5-6-12(20)17(21)10(11)7-13-9-3-1-2-4-14(9)27(26-13)18-24-15(22)8-16(23)25-18;1-3-8-4(6)2-5(7)9-3/h1-6,8H,7H2,(H4,22,23,24,25);2H,1H3,(H4,6,7,8,9). The Balaban J connectivity index is 0.000000286. The van der Waals surface area contributed by atoms with Crippen molar-refractivity contribution in [2.24, 2.45) is 0 Å². The Morgan fingerprint density at radius 2 is 1.31 bits per heavy atom. The Bertz CT molecular complexity index is 1500. The van der Waals surface area contributed by atoms with Gasteiger partial charge >= 0.3 is 0 Å². The number of hydrogen-bond donors (Lipinski definition) is 4. The molecule has 3 heterocycles. The van der Waals surface area contributed by atoms with Crippen molar-refractivity contribution in [1.29, 1.82) is 0 Å². The zero-order valence-corrected chi connectivity index (χ0v) is 19.0. The van der Waals surface area contributed by atoms with Crippen molar-refractivity contribution < 1.29 is 13.2 Å². The lowest BCUT2D eigenvalue weighted by atomic mass is 10.1. The van der Waals surface area contributed by atoms with Gasteiger partial charge in [0.05, 0.1) is 11.2 Å². The number of nitrogens with two attached hydrogens (primary N) is 4. The number of fused-ring (bicyclic) bond motifs is 1. The van der Waals surface area contributed by atoms with Gasteiger partial charge in [0.1, 0.15) is 34.9 Å². The summed E-state index contributed by atoms with van der Waals surface area (Å²) >= 11 is 0. The van der Waals surface area contributed by atoms with Crippen LogP contribution in [0.15, 0.2) is 48.5 Å². The molecule has 0 saturated carbocycles. The molecule has 8 N–H and O–H groups in total. The van der Waals surface area contributed by atoms with E-state index < -0.39 is 23.0 Å². The summed E-state index contributed by atoms with van der Waals surface area (Å²) in [4.78, 5) is 15.8. The summed E-state index contributed by atoms with van der Waals surface area (Å²) in [5.41, 5.74) is 22.6. The van der Waals surface area contributed by atoms with Crippen LogP contribution >= 0.6 is 0 Å². The van der Waals surface area contributed by atoms with Crippen LogP contribution in [0, 0.1) is 24.4 Å². The van der Waals surface area contributed by atoms with Gasteiger partial charge in [-0.05, 0) is 25.1 Å². The molecule has 0 unspecified atom stereocenters. The Morgan fingerprint density at radius 3 is 1.92 bits per heavy atom. The number of rotatable bonds is 3. The van der Waals surface area contributed by atoms with E-state index in [2.05, 4.69) is 25.0 Å². The number of anilines is 4. The van der Waals surface area contributed by atoms with Crippen LogP contribution in [0.25, 0.3) is 16.9 Å². The molecular weight excluding hydrogens is 473 g/mol. The molecule has 5 rings (SSSR count). The molecule has 184 valence electrons. The van der Waals surface area contributed by atoms with Crippen molar-refractivity contribution in [3.05, 3.63) is 83.1 Å². The second-order valence-electron chi connectivity index (χ2n) is 7.66. The molecule has 3 aromatic heterocycles. The minimum atomic E-state index is -1.24. The minimum Gasteiger partial charge on any atom is -0.384 e. The van der Waals surface area contributed by atoms with E-state index in [9.17, 15) is 13.2 Å². The van der Waals surface area contributed by atoms with Gasteiger partial charge in [0, 0.05) is 29.5 Å². The van der Waals surface area contributed by atoms with Crippen LogP contribution < -0.4 is 22.9 Å². The summed E-state index contributed by atoms with van der Waals surface area (Å²) in [7, 11) is 0. The quantitative estimate of drug-likeness (QED) is 0.275. The number of nitrogens with zero attached hydrogens (tertiary/aromatic N) is 6. The number of nitrogen functional groups attached to an aromatic ring is 4. The summed E-state index contributed by atoms with van der Waals surface area (Å²) in [6.07, 6.45) is -0.249. The second kappa shape index (κ2) is 9.74. The van der Waals surface area contributed by atoms with Gasteiger partial charge in [-0.1, -0.05) is 18.2 Å². The number of benzene rings is 2. The minimum absolute atomic E-state index is 0.120. The third-order valence-electron chi connectivity index (χ3n) is 4.97. The van der Waals surface area contributed by atoms with Crippen LogP contribution in [0.5, 0.6) is 0 Å². The maximum atomic E-state index is 14.1. The number of hydrogen-bond acceptors (Lipinski definition) is 9. The summed E-state index contributed by atoms with van der Waals surface area (Å²) in [6.45, 7) is 1.74. The Morgan fingerprint density at radius 1 is 0.750 bits per heavy atom. The number of para-hydroxylation sites is 1. The fourth-order valence-corrected chi connectivity index (χ4v) is 3.49. The summed E-state index contributed by atoms with van der Waals surface area (Å²) < 4.78 is 43.0. The number of halogens is 3. The predicted molar refractivity (Wildman–Crippen MR) is 130 cm³/mol. The fraction of sp³-hybridized carbons (Fsp3) is 0.0870. The monoisotopic (exact) mass is 494 g/mol. The Hall–Kier alpha value is -4.94. The highest BCUT2D eigenvalue weighted by molar-refractivity contribution is 5.83. The van der Waals surface area contributed by atoms with E-state index in [4.69, 9.17) is 22.9 Å². The van der Waals surface area contributed by atoms with Crippen molar-refractivity contribution in [1.82, 2.24) is 29.7 Å². The molecule has 0 bridgehead atoms. The molecule has 0 aliphatic heterocycles. The lowest BCUT2D eigenvalue weighted by Gasteiger charge is -2.04. The molecule has 2 aromatic carbocycles. The van der Waals surface area contributed by atoms with E-state index in [1.807, 2.05) is 0 Å². The van der Waals surface area contributed by atoms with Gasteiger partial charge in [0.2, 0.25) is 0 Å². The molecule has 0 atom stereocenters. The van der Waals surface area contributed by atoms with E-state index in [1.54, 1.807) is 31.2 Å². The lowest BCUT2D eigenvalue weighted by molar-refractivity contribution is 0.482. The topological polar surface area (TPSA) is 173 Å². The second-order valence-corrected chi connectivity index (χ2v) is 7.66. The maximum absolute atomic E-state index is 14.1. The van der Waals surface area contributed by atoms with Gasteiger partial charge < -0.3 is 22.9 Å². The molecular formula is C23H21F3N10. The van der Waals surface area contributed by atoms with Crippen molar-refractivity contribution in [2.45, 2.75) is 13.3 Å². The summed E-state index contributed by atoms with van der Waals surface area (Å²) in [5.74, 6) is -1.35. The first-order valence-corrected chi connectivity index (χ1v) is 10.5. The molecule has 0 saturated heterocycles. The predicted octanol–water partition coefficient (Wildman–Crippen LogP) is 2.94. The molecule has 13 heteroatoms. The molecule has 0 amide bonds. The average Bonchev–Trinajstić information content (AvgIpc) is 3.17. The molecule has 0 aliphatic carbocycles. The Kier molecular flexibility index (Phi) is 6.54. The zero-order chi connectivity index (χ0) is 26.0. The highest BCUT2D eigenvalue weighted by Crippen LogP contribution is 2.26. The van der Waals surface area contributed by atoms with E-state index in [0.717, 1.165) is 12.1 Å². The van der Waals surface area contributed by atoms with Gasteiger partial charge in [-0.2, -0.15) is 19.7 Å². The first kappa shape index (κ1) is 24.2. The van der Waals surface area contributed by atoms with E-state index in [-0.39, 0.29) is 24.0 Å². The van der Waals surface area contributed by atoms with Crippen LogP contribution in [0.3, 0.4) is 0 Å². The van der Waals surface area contributed by atoms with E-state index >= 15 is 0 Å². The number of aromatic nitrogens is 6. The molecule has 0 aliphatic rings. The van der Waals surface area contributed by atoms with Gasteiger partial charge in [-0.25, -0.2) is 23.1 Å². The van der Waals surface area contributed by atoms with Crippen LogP contribution in [0.2, 0.25) is 0 Å². The highest BCUT2D eigenvalue weighted by Gasteiger charge is 2.19. The van der Waals surface area contributed by atoms with Crippen LogP contribution in [-0.2, 0) is 6.42 Å². The largest absolute Gasteiger partial charge is 0.384 e. The molecule has 36 heavy (non-hydrogen) atoms. The van der Waals surface area contributed by atoms with Gasteiger partial charge in [0.25, 0.3) is 5.95 Å². The average molecular weight is 494 g/mol. The van der Waals surface area contributed by atoms with Gasteiger partial charge in [-0.15, -0.1) is 0 Å². The SMILES string of the molecule is Cc1nc(N)cc(N)n1.Nc1cc(N)nc(-n2nc(Cc3c(F)ccc(F)c3F)c3ccccc32)n1. The lowest BCUT2D eigenvalue weighted by Crippen LogP contribution is -2.08. The van der Waals surface area contributed by atoms with Crippen molar-refractivity contribution in [3.8, 4) is 5.95 Å². The van der Waals surface area contributed by atoms with Crippen molar-refractivity contribution in [2.75, 3.05) is 22.9 Å². The zero-order valence-electron chi connectivity index (χ0n) is 19.0. The molecule has 0 fully saturated rings. The highest BCUT2D eigenvalue weighted by atomic mass is 19.2.